The van der Waals surface area contributed by atoms with Gasteiger partial charge in [-0.2, -0.15) is 23.5 Å². The Morgan fingerprint density at radius 3 is 2.27 bits per heavy atom. The minimum atomic E-state index is 0.924. The van der Waals surface area contributed by atoms with Gasteiger partial charge in [0.1, 0.15) is 0 Å². The van der Waals surface area contributed by atoms with Gasteiger partial charge >= 0.3 is 0 Å². The van der Waals surface area contributed by atoms with Crippen molar-refractivity contribution < 1.29 is 0 Å². The van der Waals surface area contributed by atoms with Gasteiger partial charge in [-0.1, -0.05) is 0 Å². The second kappa shape index (κ2) is 12.0. The monoisotopic (exact) mass is 249 g/mol. The lowest BCUT2D eigenvalue weighted by atomic mass is 10.3. The van der Waals surface area contributed by atoms with E-state index in [1.807, 2.05) is 30.6 Å². The number of nitrogens with one attached hydrogen (secondary N) is 2. The highest BCUT2D eigenvalue weighted by molar-refractivity contribution is 7.98. The van der Waals surface area contributed by atoms with Gasteiger partial charge in [-0.15, -0.1) is 0 Å². The summed E-state index contributed by atoms with van der Waals surface area (Å²) < 4.78 is 0. The van der Waals surface area contributed by atoms with Crippen LogP contribution in [0.15, 0.2) is 4.99 Å². The molecule has 0 aromatic rings. The standard InChI is InChI=1S/C10H23N3S2/c1-11-10(13-7-9-15-3)12-6-4-5-8-14-2/h4-9H2,1-3H3,(H2,11,12,13). The Kier molecular flexibility index (Phi) is 12.0. The van der Waals surface area contributed by atoms with Crippen molar-refractivity contribution in [2.45, 2.75) is 12.8 Å². The molecule has 0 saturated carbocycles. The zero-order chi connectivity index (χ0) is 11.4. The molecule has 0 atom stereocenters. The maximum atomic E-state index is 4.16. The largest absolute Gasteiger partial charge is 0.356 e. The normalized spacial score (nSPS) is 11.5. The molecule has 90 valence electrons. The van der Waals surface area contributed by atoms with Crippen molar-refractivity contribution in [1.29, 1.82) is 0 Å². The van der Waals surface area contributed by atoms with E-state index in [0.717, 1.165) is 24.8 Å². The van der Waals surface area contributed by atoms with Crippen molar-refractivity contribution in [3.05, 3.63) is 0 Å². The molecule has 0 amide bonds. The predicted octanol–water partition coefficient (Wildman–Crippen LogP) is 1.66. The molecule has 0 bridgehead atoms. The SMILES string of the molecule is CN=C(NCCCCSC)NCCSC. The maximum absolute atomic E-state index is 4.16. The van der Waals surface area contributed by atoms with Crippen molar-refractivity contribution in [1.82, 2.24) is 10.6 Å². The lowest BCUT2D eigenvalue weighted by Gasteiger charge is -2.10. The summed E-state index contributed by atoms with van der Waals surface area (Å²) in [4.78, 5) is 4.16. The van der Waals surface area contributed by atoms with E-state index < -0.39 is 0 Å². The molecular formula is C10H23N3S2. The van der Waals surface area contributed by atoms with Crippen LogP contribution in [0.25, 0.3) is 0 Å². The van der Waals surface area contributed by atoms with Gasteiger partial charge in [0.25, 0.3) is 0 Å². The Morgan fingerprint density at radius 1 is 1.00 bits per heavy atom. The molecule has 0 aromatic carbocycles. The van der Waals surface area contributed by atoms with Crippen LogP contribution in [0.1, 0.15) is 12.8 Å². The Labute approximate surface area is 102 Å². The van der Waals surface area contributed by atoms with Gasteiger partial charge < -0.3 is 10.6 Å². The number of guanidine groups is 1. The molecule has 0 fully saturated rings. The summed E-state index contributed by atoms with van der Waals surface area (Å²) in [6.07, 6.45) is 6.75. The highest BCUT2D eigenvalue weighted by atomic mass is 32.2. The van der Waals surface area contributed by atoms with E-state index >= 15 is 0 Å². The fraction of sp³-hybridized carbons (Fsp3) is 0.900. The Bertz CT molecular complexity index is 163. The zero-order valence-corrected chi connectivity index (χ0v) is 11.6. The number of thioether (sulfide) groups is 2. The first-order valence-electron chi connectivity index (χ1n) is 5.27. The van der Waals surface area contributed by atoms with E-state index in [1.165, 1.54) is 18.6 Å². The molecule has 5 heteroatoms. The average Bonchev–Trinajstić information content (AvgIpc) is 2.26. The van der Waals surface area contributed by atoms with Crippen LogP contribution in [0.3, 0.4) is 0 Å². The third kappa shape index (κ3) is 10.3. The van der Waals surface area contributed by atoms with Crippen molar-refractivity contribution >= 4 is 29.5 Å². The van der Waals surface area contributed by atoms with Crippen LogP contribution in [0, 0.1) is 0 Å². The highest BCUT2D eigenvalue weighted by Crippen LogP contribution is 1.97. The summed E-state index contributed by atoms with van der Waals surface area (Å²) in [6.45, 7) is 1.99. The lowest BCUT2D eigenvalue weighted by molar-refractivity contribution is 0.739. The first-order valence-corrected chi connectivity index (χ1v) is 8.06. The van der Waals surface area contributed by atoms with E-state index in [0.29, 0.717) is 0 Å². The minimum absolute atomic E-state index is 0.924. The highest BCUT2D eigenvalue weighted by Gasteiger charge is 1.95. The summed E-state index contributed by atoms with van der Waals surface area (Å²) in [5, 5.41) is 6.58. The molecule has 0 saturated heterocycles. The molecule has 2 N–H and O–H groups in total. The Balaban J connectivity index is 3.37. The molecule has 0 rings (SSSR count). The first kappa shape index (κ1) is 15.0. The van der Waals surface area contributed by atoms with Crippen LogP contribution in [0.4, 0.5) is 0 Å². The van der Waals surface area contributed by atoms with Gasteiger partial charge in [-0.05, 0) is 31.1 Å². The molecule has 0 aliphatic carbocycles. The van der Waals surface area contributed by atoms with Gasteiger partial charge in [0.2, 0.25) is 0 Å². The van der Waals surface area contributed by atoms with Crippen LogP contribution < -0.4 is 10.6 Å². The van der Waals surface area contributed by atoms with E-state index in [9.17, 15) is 0 Å². The minimum Gasteiger partial charge on any atom is -0.356 e. The molecule has 0 aliphatic heterocycles. The summed E-state index contributed by atoms with van der Waals surface area (Å²) in [6, 6.07) is 0. The maximum Gasteiger partial charge on any atom is 0.191 e. The summed E-state index contributed by atoms with van der Waals surface area (Å²) in [5.41, 5.74) is 0. The zero-order valence-electron chi connectivity index (χ0n) is 10.0. The third-order valence-corrected chi connectivity index (χ3v) is 3.20. The smallest absolute Gasteiger partial charge is 0.191 e. The molecule has 0 aliphatic rings. The van der Waals surface area contributed by atoms with Crippen LogP contribution in [-0.4, -0.2) is 50.1 Å². The molecule has 3 nitrogen and oxygen atoms in total. The first-order chi connectivity index (χ1) is 7.35. The Hall–Kier alpha value is -0.0300. The number of hydrogen-bond donors (Lipinski definition) is 2. The van der Waals surface area contributed by atoms with Crippen LogP contribution in [0.2, 0.25) is 0 Å². The average molecular weight is 249 g/mol. The number of aliphatic imine (C=N–C) groups is 1. The van der Waals surface area contributed by atoms with Gasteiger partial charge in [-0.3, -0.25) is 4.99 Å². The fourth-order valence-electron chi connectivity index (χ4n) is 1.07. The van der Waals surface area contributed by atoms with Crippen LogP contribution in [-0.2, 0) is 0 Å². The molecular weight excluding hydrogens is 226 g/mol. The molecule has 0 aromatic heterocycles. The summed E-state index contributed by atoms with van der Waals surface area (Å²) in [7, 11) is 1.82. The molecule has 0 radical (unpaired) electrons. The number of rotatable bonds is 8. The lowest BCUT2D eigenvalue weighted by Crippen LogP contribution is -2.38. The van der Waals surface area contributed by atoms with Crippen molar-refractivity contribution in [3.63, 3.8) is 0 Å². The van der Waals surface area contributed by atoms with Gasteiger partial charge in [0, 0.05) is 25.9 Å². The van der Waals surface area contributed by atoms with Crippen LogP contribution in [0.5, 0.6) is 0 Å². The van der Waals surface area contributed by atoms with E-state index in [2.05, 4.69) is 28.1 Å². The second-order valence-corrected chi connectivity index (χ2v) is 5.09. The van der Waals surface area contributed by atoms with Gasteiger partial charge in [-0.25, -0.2) is 0 Å². The quantitative estimate of drug-likeness (QED) is 0.390. The number of nitrogens with zero attached hydrogens (tertiary/aromatic N) is 1. The fourth-order valence-corrected chi connectivity index (χ4v) is 1.87. The predicted molar refractivity (Wildman–Crippen MR) is 75.4 cm³/mol. The molecule has 15 heavy (non-hydrogen) atoms. The third-order valence-electron chi connectivity index (χ3n) is 1.89. The van der Waals surface area contributed by atoms with Crippen molar-refractivity contribution in [2.75, 3.05) is 44.2 Å². The van der Waals surface area contributed by atoms with E-state index in [1.54, 1.807) is 0 Å². The summed E-state index contributed by atoms with van der Waals surface area (Å²) in [5.74, 6) is 3.29. The Morgan fingerprint density at radius 2 is 1.67 bits per heavy atom. The number of unbranched alkanes of at least 4 members (excludes halogenated alkanes) is 1. The van der Waals surface area contributed by atoms with Crippen molar-refractivity contribution in [2.24, 2.45) is 4.99 Å². The molecule has 0 heterocycles. The molecule has 0 unspecified atom stereocenters. The second-order valence-electron chi connectivity index (χ2n) is 3.12. The van der Waals surface area contributed by atoms with Gasteiger partial charge in [0.05, 0.1) is 0 Å². The number of hydrogen-bond acceptors (Lipinski definition) is 3. The summed E-state index contributed by atoms with van der Waals surface area (Å²) >= 11 is 3.75. The topological polar surface area (TPSA) is 36.4 Å². The van der Waals surface area contributed by atoms with E-state index in [4.69, 9.17) is 0 Å². The van der Waals surface area contributed by atoms with Crippen molar-refractivity contribution in [3.8, 4) is 0 Å². The van der Waals surface area contributed by atoms with Gasteiger partial charge in [0.15, 0.2) is 5.96 Å². The van der Waals surface area contributed by atoms with Crippen LogP contribution >= 0.6 is 23.5 Å². The molecule has 0 spiro atoms. The van der Waals surface area contributed by atoms with E-state index in [-0.39, 0.29) is 0 Å².